The van der Waals surface area contributed by atoms with Crippen LogP contribution < -0.4 is 10.2 Å². The van der Waals surface area contributed by atoms with Crippen LogP contribution in [0.5, 0.6) is 0 Å². The number of aliphatic hydroxyl groups is 1. The summed E-state index contributed by atoms with van der Waals surface area (Å²) in [4.78, 5) is 12.3. The van der Waals surface area contributed by atoms with Gasteiger partial charge in [-0.3, -0.25) is 10.1 Å². The van der Waals surface area contributed by atoms with Crippen molar-refractivity contribution in [3.8, 4) is 0 Å². The van der Waals surface area contributed by atoms with Gasteiger partial charge in [0.05, 0.1) is 11.5 Å². The molecule has 0 fully saturated rings. The highest BCUT2D eigenvalue weighted by Crippen LogP contribution is 2.22. The van der Waals surface area contributed by atoms with Crippen LogP contribution in [-0.2, 0) is 0 Å². The molecule has 0 amide bonds. The zero-order valence-electron chi connectivity index (χ0n) is 12.4. The number of hydrogen-bond acceptors (Lipinski definition) is 5. The third kappa shape index (κ3) is 3.95. The highest BCUT2D eigenvalue weighted by molar-refractivity contribution is 5.63. The van der Waals surface area contributed by atoms with Crippen molar-refractivity contribution < 1.29 is 10.0 Å². The maximum Gasteiger partial charge on any atom is 0.269 e. The number of aliphatic hydroxyl groups excluding tert-OH is 1. The van der Waals surface area contributed by atoms with Gasteiger partial charge in [-0.25, -0.2) is 0 Å². The molecule has 0 spiro atoms. The zero-order chi connectivity index (χ0) is 15.9. The molecule has 6 heteroatoms. The number of likely N-dealkylation sites (N-methyl/N-ethyl adjacent to an activating group) is 1. The molecule has 0 aliphatic rings. The molecule has 6 nitrogen and oxygen atoms in total. The molecule has 0 heterocycles. The normalized spacial score (nSPS) is 10.3. The van der Waals surface area contributed by atoms with E-state index in [0.717, 1.165) is 23.6 Å². The molecule has 0 aromatic heterocycles. The molecule has 22 heavy (non-hydrogen) atoms. The van der Waals surface area contributed by atoms with Gasteiger partial charge in [0.1, 0.15) is 0 Å². The quantitative estimate of drug-likeness (QED) is 0.606. The minimum atomic E-state index is -0.418. The first-order valence-corrected chi connectivity index (χ1v) is 7.11. The number of anilines is 3. The van der Waals surface area contributed by atoms with Crippen molar-refractivity contribution in [2.45, 2.75) is 6.92 Å². The first-order chi connectivity index (χ1) is 10.6. The minimum Gasteiger partial charge on any atom is -0.395 e. The fourth-order valence-electron chi connectivity index (χ4n) is 2.18. The van der Waals surface area contributed by atoms with Crippen molar-refractivity contribution in [3.63, 3.8) is 0 Å². The third-order valence-corrected chi connectivity index (χ3v) is 3.35. The fourth-order valence-corrected chi connectivity index (χ4v) is 2.18. The molecule has 0 aliphatic carbocycles. The Labute approximate surface area is 129 Å². The molecule has 0 aliphatic heterocycles. The topological polar surface area (TPSA) is 78.6 Å². The average molecular weight is 301 g/mol. The lowest BCUT2D eigenvalue weighted by atomic mass is 10.2. The summed E-state index contributed by atoms with van der Waals surface area (Å²) in [5, 5.41) is 22.8. The summed E-state index contributed by atoms with van der Waals surface area (Å²) in [6.45, 7) is 3.59. The summed E-state index contributed by atoms with van der Waals surface area (Å²) in [7, 11) is 0. The Morgan fingerprint density at radius 1 is 1.09 bits per heavy atom. The molecule has 2 aromatic carbocycles. The lowest BCUT2D eigenvalue weighted by molar-refractivity contribution is -0.384. The van der Waals surface area contributed by atoms with E-state index in [1.165, 1.54) is 12.1 Å². The Kier molecular flexibility index (Phi) is 5.32. The van der Waals surface area contributed by atoms with Crippen LogP contribution in [0.15, 0.2) is 48.5 Å². The molecular formula is C16H19N3O3. The fraction of sp³-hybridized carbons (Fsp3) is 0.250. The molecule has 2 aromatic rings. The van der Waals surface area contributed by atoms with Gasteiger partial charge in [0, 0.05) is 42.3 Å². The number of nitro benzene ring substituents is 1. The van der Waals surface area contributed by atoms with Gasteiger partial charge in [-0.2, -0.15) is 0 Å². The maximum absolute atomic E-state index is 10.6. The number of hydrogen-bond donors (Lipinski definition) is 2. The van der Waals surface area contributed by atoms with Crippen molar-refractivity contribution in [3.05, 3.63) is 58.6 Å². The Balaban J connectivity index is 2.06. The van der Waals surface area contributed by atoms with E-state index in [1.54, 1.807) is 12.1 Å². The van der Waals surface area contributed by atoms with Crippen LogP contribution in [0, 0.1) is 10.1 Å². The van der Waals surface area contributed by atoms with Crippen molar-refractivity contribution in [2.24, 2.45) is 0 Å². The molecule has 0 unspecified atom stereocenters. The molecule has 0 saturated carbocycles. The molecule has 2 rings (SSSR count). The molecule has 2 N–H and O–H groups in total. The van der Waals surface area contributed by atoms with E-state index in [9.17, 15) is 10.1 Å². The maximum atomic E-state index is 10.6. The van der Waals surface area contributed by atoms with Gasteiger partial charge in [0.2, 0.25) is 0 Å². The standard InChI is InChI=1S/C16H19N3O3/c1-2-18(11-12-20)15-7-3-13(4-8-15)17-14-5-9-16(10-6-14)19(21)22/h3-10,17,20H,2,11-12H2,1H3. The van der Waals surface area contributed by atoms with Crippen LogP contribution in [-0.4, -0.2) is 29.7 Å². The molecule has 0 saturated heterocycles. The summed E-state index contributed by atoms with van der Waals surface area (Å²) in [6.07, 6.45) is 0. The van der Waals surface area contributed by atoms with Crippen molar-refractivity contribution in [2.75, 3.05) is 29.9 Å². The number of nitrogens with zero attached hydrogens (tertiary/aromatic N) is 2. The van der Waals surface area contributed by atoms with Crippen LogP contribution in [0.1, 0.15) is 6.92 Å². The summed E-state index contributed by atoms with van der Waals surface area (Å²) < 4.78 is 0. The van der Waals surface area contributed by atoms with Gasteiger partial charge < -0.3 is 15.3 Å². The Morgan fingerprint density at radius 2 is 1.64 bits per heavy atom. The third-order valence-electron chi connectivity index (χ3n) is 3.35. The SMILES string of the molecule is CCN(CCO)c1ccc(Nc2ccc([N+](=O)[O-])cc2)cc1. The van der Waals surface area contributed by atoms with E-state index in [1.807, 2.05) is 31.2 Å². The van der Waals surface area contributed by atoms with Gasteiger partial charge >= 0.3 is 0 Å². The van der Waals surface area contributed by atoms with Crippen LogP contribution in [0.3, 0.4) is 0 Å². The predicted molar refractivity (Wildman–Crippen MR) is 87.8 cm³/mol. The largest absolute Gasteiger partial charge is 0.395 e. The number of benzene rings is 2. The van der Waals surface area contributed by atoms with Gasteiger partial charge in [-0.05, 0) is 43.3 Å². The van der Waals surface area contributed by atoms with E-state index in [0.29, 0.717) is 6.54 Å². The molecule has 0 bridgehead atoms. The Morgan fingerprint density at radius 3 is 2.09 bits per heavy atom. The number of nitrogens with one attached hydrogen (secondary N) is 1. The highest BCUT2D eigenvalue weighted by atomic mass is 16.6. The monoisotopic (exact) mass is 301 g/mol. The smallest absolute Gasteiger partial charge is 0.269 e. The van der Waals surface area contributed by atoms with Crippen LogP contribution >= 0.6 is 0 Å². The highest BCUT2D eigenvalue weighted by Gasteiger charge is 2.05. The van der Waals surface area contributed by atoms with Crippen molar-refractivity contribution >= 4 is 22.7 Å². The van der Waals surface area contributed by atoms with E-state index in [4.69, 9.17) is 5.11 Å². The summed E-state index contributed by atoms with van der Waals surface area (Å²) >= 11 is 0. The van der Waals surface area contributed by atoms with E-state index in [2.05, 4.69) is 10.2 Å². The zero-order valence-corrected chi connectivity index (χ0v) is 12.4. The van der Waals surface area contributed by atoms with Gasteiger partial charge in [0.15, 0.2) is 0 Å². The molecule has 0 atom stereocenters. The molecule has 116 valence electrons. The lowest BCUT2D eigenvalue weighted by Crippen LogP contribution is -2.25. The first-order valence-electron chi connectivity index (χ1n) is 7.11. The van der Waals surface area contributed by atoms with E-state index in [-0.39, 0.29) is 12.3 Å². The average Bonchev–Trinajstić information content (AvgIpc) is 2.54. The Hall–Kier alpha value is -2.60. The van der Waals surface area contributed by atoms with Crippen molar-refractivity contribution in [1.82, 2.24) is 0 Å². The van der Waals surface area contributed by atoms with Gasteiger partial charge in [-0.1, -0.05) is 0 Å². The predicted octanol–water partition coefficient (Wildman–Crippen LogP) is 3.16. The van der Waals surface area contributed by atoms with E-state index >= 15 is 0 Å². The number of rotatable bonds is 7. The molecule has 0 radical (unpaired) electrons. The lowest BCUT2D eigenvalue weighted by Gasteiger charge is -2.22. The second kappa shape index (κ2) is 7.42. The van der Waals surface area contributed by atoms with E-state index < -0.39 is 4.92 Å². The van der Waals surface area contributed by atoms with Crippen molar-refractivity contribution in [1.29, 1.82) is 0 Å². The van der Waals surface area contributed by atoms with Crippen LogP contribution in [0.2, 0.25) is 0 Å². The second-order valence-electron chi connectivity index (χ2n) is 4.78. The first kappa shape index (κ1) is 15.8. The summed E-state index contributed by atoms with van der Waals surface area (Å²) in [5.74, 6) is 0. The van der Waals surface area contributed by atoms with Crippen LogP contribution in [0.4, 0.5) is 22.7 Å². The number of nitro groups is 1. The Bertz CT molecular complexity index is 612. The number of non-ortho nitro benzene ring substituents is 1. The minimum absolute atomic E-state index is 0.0727. The van der Waals surface area contributed by atoms with Gasteiger partial charge in [0.25, 0.3) is 5.69 Å². The van der Waals surface area contributed by atoms with Gasteiger partial charge in [-0.15, -0.1) is 0 Å². The second-order valence-corrected chi connectivity index (χ2v) is 4.78. The molecular weight excluding hydrogens is 282 g/mol. The summed E-state index contributed by atoms with van der Waals surface area (Å²) in [6, 6.07) is 14.1. The van der Waals surface area contributed by atoms with Crippen LogP contribution in [0.25, 0.3) is 0 Å². The summed E-state index contributed by atoms with van der Waals surface area (Å²) in [5.41, 5.74) is 2.81.